The lowest BCUT2D eigenvalue weighted by atomic mass is 10.1. The van der Waals surface area contributed by atoms with Gasteiger partial charge in [-0.1, -0.05) is 0 Å². The molecule has 1 amide bonds. The Kier molecular flexibility index (Phi) is 5.22. The zero-order valence-corrected chi connectivity index (χ0v) is 15.8. The van der Waals surface area contributed by atoms with Crippen molar-refractivity contribution in [3.8, 4) is 5.75 Å². The summed E-state index contributed by atoms with van der Waals surface area (Å²) >= 11 is 0. The fourth-order valence-electron chi connectivity index (χ4n) is 2.95. The summed E-state index contributed by atoms with van der Waals surface area (Å²) in [6, 6.07) is 5.38. The Hall–Kier alpha value is -2.10. The predicted molar refractivity (Wildman–Crippen MR) is 96.0 cm³/mol. The summed E-state index contributed by atoms with van der Waals surface area (Å²) < 4.78 is 41.0. The molecule has 142 valence electrons. The van der Waals surface area contributed by atoms with E-state index in [0.717, 1.165) is 10.9 Å². The van der Waals surface area contributed by atoms with Gasteiger partial charge in [-0.25, -0.2) is 8.42 Å². The van der Waals surface area contributed by atoms with Gasteiger partial charge in [0.2, 0.25) is 10.0 Å². The number of sulfonamides is 1. The van der Waals surface area contributed by atoms with Crippen LogP contribution in [0.25, 0.3) is 11.0 Å². The molecule has 3 rings (SSSR count). The molecule has 1 saturated heterocycles. The summed E-state index contributed by atoms with van der Waals surface area (Å²) in [5.74, 6) is 0.511. The first-order valence-electron chi connectivity index (χ1n) is 8.21. The number of methoxy groups -OCH3 is 1. The van der Waals surface area contributed by atoms with Crippen molar-refractivity contribution in [2.24, 2.45) is 0 Å². The number of ether oxygens (including phenoxy) is 2. The van der Waals surface area contributed by atoms with E-state index < -0.39 is 16.1 Å². The Morgan fingerprint density at radius 1 is 1.42 bits per heavy atom. The summed E-state index contributed by atoms with van der Waals surface area (Å²) in [6.07, 6.45) is 0.771. The number of morpholine rings is 1. The van der Waals surface area contributed by atoms with Gasteiger partial charge < -0.3 is 19.2 Å². The Labute approximate surface area is 152 Å². The minimum Gasteiger partial charge on any atom is -0.497 e. The first-order valence-corrected chi connectivity index (χ1v) is 10.1. The number of benzene rings is 1. The summed E-state index contributed by atoms with van der Waals surface area (Å²) in [4.78, 5) is 12.5. The molecule has 1 N–H and O–H groups in total. The van der Waals surface area contributed by atoms with E-state index in [2.05, 4.69) is 5.32 Å². The molecule has 0 aliphatic carbocycles. The predicted octanol–water partition coefficient (Wildman–Crippen LogP) is 1.14. The second kappa shape index (κ2) is 7.26. The fraction of sp³-hybridized carbons (Fsp3) is 0.471. The van der Waals surface area contributed by atoms with E-state index in [-0.39, 0.29) is 24.8 Å². The molecule has 8 nitrogen and oxygen atoms in total. The van der Waals surface area contributed by atoms with Crippen LogP contribution in [0.3, 0.4) is 0 Å². The number of hydrogen-bond donors (Lipinski definition) is 1. The van der Waals surface area contributed by atoms with Crippen LogP contribution in [0.1, 0.15) is 16.1 Å². The maximum atomic E-state index is 12.5. The van der Waals surface area contributed by atoms with Crippen LogP contribution in [0.5, 0.6) is 5.75 Å². The van der Waals surface area contributed by atoms with Gasteiger partial charge in [0.15, 0.2) is 5.76 Å². The highest BCUT2D eigenvalue weighted by Crippen LogP contribution is 2.28. The molecule has 0 saturated carbocycles. The Morgan fingerprint density at radius 2 is 2.19 bits per heavy atom. The number of nitrogens with one attached hydrogen (secondary N) is 1. The normalized spacial score (nSPS) is 18.8. The molecule has 0 spiro atoms. The van der Waals surface area contributed by atoms with Gasteiger partial charge in [0, 0.05) is 36.7 Å². The second-order valence-corrected chi connectivity index (χ2v) is 8.22. The zero-order valence-electron chi connectivity index (χ0n) is 14.9. The maximum Gasteiger partial charge on any atom is 0.287 e. The first-order chi connectivity index (χ1) is 12.3. The Bertz CT molecular complexity index is 921. The molecular weight excluding hydrogens is 360 g/mol. The molecule has 2 aromatic rings. The number of amides is 1. The first kappa shape index (κ1) is 18.7. The summed E-state index contributed by atoms with van der Waals surface area (Å²) in [5, 5.41) is 3.60. The van der Waals surface area contributed by atoms with Gasteiger partial charge >= 0.3 is 0 Å². The SMILES string of the molecule is COc1ccc2c(C)c(C(=O)NC[C@@H]3CN(S(C)(=O)=O)CCO3)oc2c1. The Morgan fingerprint density at radius 3 is 2.88 bits per heavy atom. The monoisotopic (exact) mass is 382 g/mol. The lowest BCUT2D eigenvalue weighted by molar-refractivity contribution is 0.000309. The smallest absolute Gasteiger partial charge is 0.287 e. The van der Waals surface area contributed by atoms with Crippen LogP contribution in [0, 0.1) is 6.92 Å². The fourth-order valence-corrected chi connectivity index (χ4v) is 3.80. The van der Waals surface area contributed by atoms with Crippen LogP contribution >= 0.6 is 0 Å². The van der Waals surface area contributed by atoms with Crippen molar-refractivity contribution in [3.63, 3.8) is 0 Å². The van der Waals surface area contributed by atoms with Crippen LogP contribution in [-0.2, 0) is 14.8 Å². The quantitative estimate of drug-likeness (QED) is 0.833. The topological polar surface area (TPSA) is 98.1 Å². The third-order valence-electron chi connectivity index (χ3n) is 4.41. The number of hydrogen-bond acceptors (Lipinski definition) is 6. The van der Waals surface area contributed by atoms with Gasteiger partial charge in [0.1, 0.15) is 11.3 Å². The van der Waals surface area contributed by atoms with Crippen molar-refractivity contribution < 1.29 is 27.1 Å². The van der Waals surface area contributed by atoms with E-state index in [1.54, 1.807) is 13.2 Å². The summed E-state index contributed by atoms with van der Waals surface area (Å²) in [5.41, 5.74) is 1.31. The van der Waals surface area contributed by atoms with Gasteiger partial charge in [-0.2, -0.15) is 4.31 Å². The number of rotatable bonds is 5. The molecule has 1 aromatic carbocycles. The number of aryl methyl sites for hydroxylation is 1. The van der Waals surface area contributed by atoms with Crippen molar-refractivity contribution in [1.82, 2.24) is 9.62 Å². The molecule has 0 bridgehead atoms. The number of furan rings is 1. The molecule has 26 heavy (non-hydrogen) atoms. The van der Waals surface area contributed by atoms with Crippen molar-refractivity contribution in [2.75, 3.05) is 39.6 Å². The van der Waals surface area contributed by atoms with E-state index in [9.17, 15) is 13.2 Å². The molecule has 1 aliphatic rings. The number of carbonyl (C=O) groups excluding carboxylic acids is 1. The second-order valence-electron chi connectivity index (χ2n) is 6.24. The van der Waals surface area contributed by atoms with Gasteiger partial charge in [-0.3, -0.25) is 4.79 Å². The Balaban J connectivity index is 1.68. The van der Waals surface area contributed by atoms with Gasteiger partial charge in [0.25, 0.3) is 5.91 Å². The van der Waals surface area contributed by atoms with E-state index >= 15 is 0 Å². The lowest BCUT2D eigenvalue weighted by Gasteiger charge is -2.31. The van der Waals surface area contributed by atoms with Gasteiger partial charge in [-0.05, 0) is 19.1 Å². The summed E-state index contributed by atoms with van der Waals surface area (Å²) in [7, 11) is -1.71. The lowest BCUT2D eigenvalue weighted by Crippen LogP contribution is -2.49. The molecule has 0 radical (unpaired) electrons. The molecule has 9 heteroatoms. The minimum atomic E-state index is -3.27. The molecule has 0 unspecified atom stereocenters. The highest BCUT2D eigenvalue weighted by atomic mass is 32.2. The van der Waals surface area contributed by atoms with Crippen LogP contribution < -0.4 is 10.1 Å². The van der Waals surface area contributed by atoms with Gasteiger partial charge in [0.05, 0.1) is 26.1 Å². The van der Waals surface area contributed by atoms with Crippen molar-refractivity contribution in [1.29, 1.82) is 0 Å². The molecule has 1 aliphatic heterocycles. The van der Waals surface area contributed by atoms with Crippen LogP contribution in [0.2, 0.25) is 0 Å². The highest BCUT2D eigenvalue weighted by Gasteiger charge is 2.27. The van der Waals surface area contributed by atoms with Crippen molar-refractivity contribution >= 4 is 26.9 Å². The largest absolute Gasteiger partial charge is 0.497 e. The molecular formula is C17H22N2O6S. The number of nitrogens with zero attached hydrogens (tertiary/aromatic N) is 1. The van der Waals surface area contributed by atoms with Crippen molar-refractivity contribution in [3.05, 3.63) is 29.5 Å². The molecule has 1 aromatic heterocycles. The average Bonchev–Trinajstić information content (AvgIpc) is 2.95. The average molecular weight is 382 g/mol. The highest BCUT2D eigenvalue weighted by molar-refractivity contribution is 7.88. The van der Waals surface area contributed by atoms with Crippen LogP contribution in [0.4, 0.5) is 0 Å². The van der Waals surface area contributed by atoms with Crippen LogP contribution in [-0.4, -0.2) is 64.3 Å². The van der Waals surface area contributed by atoms with E-state index in [1.807, 2.05) is 19.1 Å². The molecule has 1 atom stereocenters. The molecule has 1 fully saturated rings. The number of fused-ring (bicyclic) bond motifs is 1. The third-order valence-corrected chi connectivity index (χ3v) is 5.68. The number of carbonyl (C=O) groups is 1. The van der Waals surface area contributed by atoms with Gasteiger partial charge in [-0.15, -0.1) is 0 Å². The standard InChI is InChI=1S/C17H22N2O6S/c1-11-14-5-4-12(23-2)8-15(14)25-16(11)17(20)18-9-13-10-19(6-7-24-13)26(3,21)22/h4-5,8,13H,6-7,9-10H2,1-3H3,(H,18,20)/t13-/m1/s1. The maximum absolute atomic E-state index is 12.5. The summed E-state index contributed by atoms with van der Waals surface area (Å²) in [6.45, 7) is 2.86. The van der Waals surface area contributed by atoms with Crippen LogP contribution in [0.15, 0.2) is 22.6 Å². The minimum absolute atomic E-state index is 0.199. The van der Waals surface area contributed by atoms with E-state index in [1.165, 1.54) is 10.6 Å². The van der Waals surface area contributed by atoms with E-state index in [4.69, 9.17) is 13.9 Å². The molecule has 2 heterocycles. The third kappa shape index (κ3) is 3.84. The van der Waals surface area contributed by atoms with E-state index in [0.29, 0.717) is 24.5 Å². The zero-order chi connectivity index (χ0) is 18.9. The van der Waals surface area contributed by atoms with Crippen molar-refractivity contribution in [2.45, 2.75) is 13.0 Å².